The summed E-state index contributed by atoms with van der Waals surface area (Å²) in [4.78, 5) is 1.21. The molecule has 52 valence electrons. The molecule has 0 bridgehead atoms. The molecule has 0 unspecified atom stereocenters. The van der Waals surface area contributed by atoms with Crippen LogP contribution in [-0.2, 0) is 0 Å². The Balaban J connectivity index is 3.38. The Hall–Kier alpha value is 0.180. The van der Waals surface area contributed by atoms with Crippen molar-refractivity contribution >= 4 is 21.6 Å². The Morgan fingerprint density at radius 1 is 1.56 bits per heavy atom. The fourth-order valence-corrected chi connectivity index (χ4v) is 1.73. The van der Waals surface area contributed by atoms with Gasteiger partial charge in [0.1, 0.15) is 0 Å². The fourth-order valence-electron chi connectivity index (χ4n) is 0.192. The van der Waals surface area contributed by atoms with Gasteiger partial charge in [0.15, 0.2) is 0 Å². The first kappa shape index (κ1) is 9.18. The second-order valence-corrected chi connectivity index (χ2v) is 4.26. The van der Waals surface area contributed by atoms with Gasteiger partial charge in [-0.2, -0.15) is 0 Å². The van der Waals surface area contributed by atoms with Crippen LogP contribution in [0.2, 0.25) is 0 Å². The summed E-state index contributed by atoms with van der Waals surface area (Å²) in [6, 6.07) is 0. The lowest BCUT2D eigenvalue weighted by molar-refractivity contribution is 0.821. The van der Waals surface area contributed by atoms with Crippen molar-refractivity contribution in [3.05, 3.63) is 23.5 Å². The number of hydrogen-bond acceptors (Lipinski definition) is 2. The highest BCUT2D eigenvalue weighted by molar-refractivity contribution is 8.79. The summed E-state index contributed by atoms with van der Waals surface area (Å²) in [6.45, 7) is 11.8. The lowest BCUT2D eigenvalue weighted by atomic mass is 10.2. The van der Waals surface area contributed by atoms with E-state index in [0.29, 0.717) is 5.92 Å². The number of rotatable bonds is 4. The lowest BCUT2D eigenvalue weighted by Crippen LogP contribution is -1.83. The van der Waals surface area contributed by atoms with Crippen LogP contribution in [0.15, 0.2) is 23.5 Å². The van der Waals surface area contributed by atoms with Crippen LogP contribution < -0.4 is 0 Å². The minimum atomic E-state index is 0.572. The second kappa shape index (κ2) is 5.00. The zero-order valence-corrected chi connectivity index (χ0v) is 7.52. The smallest absolute Gasteiger partial charge is 0.00850 e. The van der Waals surface area contributed by atoms with Crippen molar-refractivity contribution in [2.24, 2.45) is 5.92 Å². The van der Waals surface area contributed by atoms with Crippen LogP contribution in [0.25, 0.3) is 0 Å². The maximum atomic E-state index is 3.89. The first-order valence-corrected chi connectivity index (χ1v) is 5.02. The molecule has 2 heteroatoms. The van der Waals surface area contributed by atoms with Crippen molar-refractivity contribution in [3.63, 3.8) is 0 Å². The minimum Gasteiger partial charge on any atom is -0.0918 e. The summed E-state index contributed by atoms with van der Waals surface area (Å²) < 4.78 is 0. The maximum absolute atomic E-state index is 3.89. The van der Waals surface area contributed by atoms with Gasteiger partial charge in [-0.25, -0.2) is 0 Å². The Morgan fingerprint density at radius 3 is 2.44 bits per heavy atom. The quantitative estimate of drug-likeness (QED) is 0.575. The third-order valence-corrected chi connectivity index (χ3v) is 3.12. The van der Waals surface area contributed by atoms with Gasteiger partial charge in [0.25, 0.3) is 0 Å². The van der Waals surface area contributed by atoms with E-state index in [9.17, 15) is 0 Å². The third-order valence-electron chi connectivity index (χ3n) is 0.867. The number of hydrogen-bond donors (Lipinski definition) is 0. The highest BCUT2D eigenvalue weighted by Gasteiger charge is 1.98. The van der Waals surface area contributed by atoms with Gasteiger partial charge in [0, 0.05) is 0 Å². The molecule has 9 heavy (non-hydrogen) atoms. The van der Waals surface area contributed by atoms with Crippen molar-refractivity contribution in [2.45, 2.75) is 13.8 Å². The molecule has 0 aromatic carbocycles. The molecule has 0 saturated carbocycles. The zero-order chi connectivity index (χ0) is 7.28. The van der Waals surface area contributed by atoms with Crippen molar-refractivity contribution in [1.82, 2.24) is 0 Å². The van der Waals surface area contributed by atoms with E-state index >= 15 is 0 Å². The van der Waals surface area contributed by atoms with Gasteiger partial charge in [-0.1, -0.05) is 48.6 Å². The molecule has 0 atom stereocenters. The molecule has 0 spiro atoms. The minimum absolute atomic E-state index is 0.572. The predicted octanol–water partition coefficient (Wildman–Crippen LogP) is 3.68. The van der Waals surface area contributed by atoms with Crippen LogP contribution >= 0.6 is 21.6 Å². The van der Waals surface area contributed by atoms with Crippen LogP contribution in [0.3, 0.4) is 0 Å². The molecule has 0 radical (unpaired) electrons. The van der Waals surface area contributed by atoms with Crippen molar-refractivity contribution < 1.29 is 0 Å². The molecule has 0 fully saturated rings. The number of allylic oxidation sites excluding steroid dienone is 1. The summed E-state index contributed by atoms with van der Waals surface area (Å²) in [5.74, 6) is 0.572. The summed E-state index contributed by atoms with van der Waals surface area (Å²) >= 11 is 0. The molecule has 0 N–H and O–H groups in total. The molecule has 0 nitrogen and oxygen atoms in total. The Morgan fingerprint density at radius 2 is 2.11 bits per heavy atom. The normalized spacial score (nSPS) is 9.67. The first-order valence-electron chi connectivity index (χ1n) is 2.81. The van der Waals surface area contributed by atoms with Gasteiger partial charge in [-0.05, 0) is 16.2 Å². The van der Waals surface area contributed by atoms with E-state index in [0.717, 1.165) is 0 Å². The van der Waals surface area contributed by atoms with Gasteiger partial charge in [-0.15, -0.1) is 0 Å². The summed E-state index contributed by atoms with van der Waals surface area (Å²) in [5.41, 5.74) is 0. The Kier molecular flexibility index (Phi) is 5.10. The van der Waals surface area contributed by atoms with Crippen molar-refractivity contribution in [1.29, 1.82) is 0 Å². The van der Waals surface area contributed by atoms with Gasteiger partial charge < -0.3 is 0 Å². The largest absolute Gasteiger partial charge is 0.0918 e. The Bertz CT molecular complexity index is 105. The standard InChI is InChI=1S/C7H12S2/c1-5-8-9-7(4)6(2)3/h5-6H,1,4H2,2-3H3. The van der Waals surface area contributed by atoms with Crippen molar-refractivity contribution in [3.8, 4) is 0 Å². The SMILES string of the molecule is C=CSSC(=C)C(C)C. The van der Waals surface area contributed by atoms with Gasteiger partial charge >= 0.3 is 0 Å². The molecule has 0 aliphatic rings. The average molecular weight is 160 g/mol. The van der Waals surface area contributed by atoms with E-state index in [-0.39, 0.29) is 0 Å². The van der Waals surface area contributed by atoms with Crippen LogP contribution in [-0.4, -0.2) is 0 Å². The molecule has 0 heterocycles. The first-order chi connectivity index (χ1) is 4.18. The second-order valence-electron chi connectivity index (χ2n) is 1.97. The van der Waals surface area contributed by atoms with E-state index in [1.165, 1.54) is 4.91 Å². The summed E-state index contributed by atoms with van der Waals surface area (Å²) in [6.07, 6.45) is 0. The van der Waals surface area contributed by atoms with Gasteiger partial charge in [0.05, 0.1) is 0 Å². The topological polar surface area (TPSA) is 0 Å². The van der Waals surface area contributed by atoms with Gasteiger partial charge in [0.2, 0.25) is 0 Å². The van der Waals surface area contributed by atoms with E-state index in [1.807, 2.05) is 5.41 Å². The summed E-state index contributed by atoms with van der Waals surface area (Å²) in [7, 11) is 3.31. The predicted molar refractivity (Wildman–Crippen MR) is 49.4 cm³/mol. The molecular weight excluding hydrogens is 148 g/mol. The molecule has 0 aliphatic carbocycles. The molecule has 0 aromatic rings. The van der Waals surface area contributed by atoms with Crippen LogP contribution in [0, 0.1) is 5.92 Å². The molecule has 0 aliphatic heterocycles. The lowest BCUT2D eigenvalue weighted by Gasteiger charge is -2.04. The van der Waals surface area contributed by atoms with E-state index in [2.05, 4.69) is 27.0 Å². The van der Waals surface area contributed by atoms with Crippen molar-refractivity contribution in [2.75, 3.05) is 0 Å². The van der Waals surface area contributed by atoms with E-state index in [1.54, 1.807) is 21.6 Å². The van der Waals surface area contributed by atoms with Gasteiger partial charge in [-0.3, -0.25) is 0 Å². The average Bonchev–Trinajstić information content (AvgIpc) is 1.82. The van der Waals surface area contributed by atoms with Crippen LogP contribution in [0.1, 0.15) is 13.8 Å². The molecule has 0 saturated heterocycles. The van der Waals surface area contributed by atoms with E-state index in [4.69, 9.17) is 0 Å². The fraction of sp³-hybridized carbons (Fsp3) is 0.429. The maximum Gasteiger partial charge on any atom is -0.00850 e. The molecule has 0 amide bonds. The third kappa shape index (κ3) is 4.67. The highest BCUT2D eigenvalue weighted by Crippen LogP contribution is 2.33. The van der Waals surface area contributed by atoms with Crippen LogP contribution in [0.5, 0.6) is 0 Å². The monoisotopic (exact) mass is 160 g/mol. The summed E-state index contributed by atoms with van der Waals surface area (Å²) in [5, 5.41) is 1.82. The molecule has 0 aromatic heterocycles. The van der Waals surface area contributed by atoms with Crippen LogP contribution in [0.4, 0.5) is 0 Å². The molecular formula is C7H12S2. The zero-order valence-electron chi connectivity index (χ0n) is 5.89. The van der Waals surface area contributed by atoms with E-state index < -0.39 is 0 Å². The molecule has 0 rings (SSSR count). The Labute approximate surface area is 65.2 Å². The highest BCUT2D eigenvalue weighted by atomic mass is 33.1.